The highest BCUT2D eigenvalue weighted by Gasteiger charge is 2.16. The number of aldehydes is 1. The van der Waals surface area contributed by atoms with Gasteiger partial charge >= 0.3 is 0 Å². The van der Waals surface area contributed by atoms with Crippen LogP contribution < -0.4 is 10.6 Å². The molecule has 0 radical (unpaired) electrons. The maximum absolute atomic E-state index is 10.9. The smallest absolute Gasteiger partial charge is 0.280 e. The lowest BCUT2D eigenvalue weighted by Gasteiger charge is -2.21. The van der Waals surface area contributed by atoms with Crippen LogP contribution in [0.5, 0.6) is 0 Å². The largest absolute Gasteiger partial charge is 0.368 e. The molecular formula is C11H13N3O4. The highest BCUT2D eigenvalue weighted by Crippen LogP contribution is 2.23. The summed E-state index contributed by atoms with van der Waals surface area (Å²) < 4.78 is 0. The number of benzene rings is 1. The monoisotopic (exact) mass is 251 g/mol. The van der Waals surface area contributed by atoms with Crippen LogP contribution in [-0.2, 0) is 4.79 Å². The maximum atomic E-state index is 10.9. The van der Waals surface area contributed by atoms with Crippen molar-refractivity contribution in [2.45, 2.75) is 6.92 Å². The third kappa shape index (κ3) is 3.03. The van der Waals surface area contributed by atoms with Crippen molar-refractivity contribution in [3.63, 3.8) is 0 Å². The van der Waals surface area contributed by atoms with Gasteiger partial charge in [-0.15, -0.1) is 0 Å². The first kappa shape index (κ1) is 13.6. The number of amides is 1. The number of nitro groups is 1. The second-order valence-electron chi connectivity index (χ2n) is 3.60. The van der Waals surface area contributed by atoms with E-state index in [2.05, 4.69) is 0 Å². The average Bonchev–Trinajstić information content (AvgIpc) is 2.34. The van der Waals surface area contributed by atoms with Gasteiger partial charge in [-0.25, -0.2) is 0 Å². The van der Waals surface area contributed by atoms with Crippen LogP contribution in [0.25, 0.3) is 0 Å². The van der Waals surface area contributed by atoms with Crippen molar-refractivity contribution in [3.05, 3.63) is 33.9 Å². The van der Waals surface area contributed by atoms with Crippen molar-refractivity contribution in [3.8, 4) is 0 Å². The number of likely N-dealkylation sites (N-methyl/N-ethyl adjacent to an activating group) is 1. The highest BCUT2D eigenvalue weighted by atomic mass is 16.6. The van der Waals surface area contributed by atoms with E-state index in [1.54, 1.807) is 4.90 Å². The summed E-state index contributed by atoms with van der Waals surface area (Å²) in [4.78, 5) is 33.3. The van der Waals surface area contributed by atoms with Crippen molar-refractivity contribution in [1.82, 2.24) is 0 Å². The zero-order valence-corrected chi connectivity index (χ0v) is 9.83. The molecule has 1 rings (SSSR count). The van der Waals surface area contributed by atoms with Crippen molar-refractivity contribution in [2.75, 3.05) is 18.0 Å². The fourth-order valence-corrected chi connectivity index (χ4v) is 1.57. The lowest BCUT2D eigenvalue weighted by Crippen LogP contribution is -2.33. The molecule has 0 fully saturated rings. The first-order valence-electron chi connectivity index (χ1n) is 5.26. The molecular weight excluding hydrogens is 238 g/mol. The molecule has 0 spiro atoms. The Labute approximate surface area is 103 Å². The second-order valence-corrected chi connectivity index (χ2v) is 3.60. The first-order chi connectivity index (χ1) is 8.49. The fraction of sp³-hybridized carbons (Fsp3) is 0.273. The van der Waals surface area contributed by atoms with Gasteiger partial charge in [0.05, 0.1) is 17.0 Å². The van der Waals surface area contributed by atoms with Crippen LogP contribution in [0.3, 0.4) is 0 Å². The van der Waals surface area contributed by atoms with E-state index in [0.29, 0.717) is 18.5 Å². The molecule has 0 aliphatic heterocycles. The number of rotatable bonds is 6. The molecule has 96 valence electrons. The van der Waals surface area contributed by atoms with Crippen molar-refractivity contribution < 1.29 is 14.5 Å². The molecule has 18 heavy (non-hydrogen) atoms. The van der Waals surface area contributed by atoms with E-state index in [1.807, 2.05) is 6.92 Å². The number of primary amides is 1. The Morgan fingerprint density at radius 1 is 1.56 bits per heavy atom. The van der Waals surface area contributed by atoms with Crippen molar-refractivity contribution in [1.29, 1.82) is 0 Å². The first-order valence-corrected chi connectivity index (χ1v) is 5.26. The van der Waals surface area contributed by atoms with Gasteiger partial charge in [-0.3, -0.25) is 19.7 Å². The molecule has 7 nitrogen and oxygen atoms in total. The van der Waals surface area contributed by atoms with Gasteiger partial charge in [-0.1, -0.05) is 0 Å². The Hall–Kier alpha value is -2.44. The molecule has 2 N–H and O–H groups in total. The molecule has 1 aromatic carbocycles. The number of carbonyl (C=O) groups excluding carboxylic acids is 2. The Balaban J connectivity index is 3.14. The van der Waals surface area contributed by atoms with Gasteiger partial charge in [0.2, 0.25) is 5.91 Å². The van der Waals surface area contributed by atoms with E-state index in [-0.39, 0.29) is 17.8 Å². The minimum absolute atomic E-state index is 0.00733. The van der Waals surface area contributed by atoms with Gasteiger partial charge in [0.25, 0.3) is 5.69 Å². The summed E-state index contributed by atoms with van der Waals surface area (Å²) in [5.41, 5.74) is 5.35. The van der Waals surface area contributed by atoms with Crippen LogP contribution in [0.1, 0.15) is 17.3 Å². The normalized spacial score (nSPS) is 9.83. The van der Waals surface area contributed by atoms with Gasteiger partial charge in [-0.05, 0) is 19.1 Å². The summed E-state index contributed by atoms with van der Waals surface area (Å²) in [6.07, 6.45) is 0.416. The molecule has 0 aromatic heterocycles. The van der Waals surface area contributed by atoms with Crippen molar-refractivity contribution >= 4 is 23.6 Å². The molecule has 0 aliphatic carbocycles. The van der Waals surface area contributed by atoms with Crippen LogP contribution in [0.15, 0.2) is 18.2 Å². The second kappa shape index (κ2) is 5.76. The third-order valence-electron chi connectivity index (χ3n) is 2.43. The zero-order valence-electron chi connectivity index (χ0n) is 9.83. The van der Waals surface area contributed by atoms with E-state index >= 15 is 0 Å². The minimum Gasteiger partial charge on any atom is -0.368 e. The summed E-state index contributed by atoms with van der Waals surface area (Å²) in [6, 6.07) is 4.10. The number of nitro benzene ring substituents is 1. The lowest BCUT2D eigenvalue weighted by molar-refractivity contribution is -0.385. The quantitative estimate of drug-likeness (QED) is 0.455. The van der Waals surface area contributed by atoms with Gasteiger partial charge in [0, 0.05) is 18.3 Å². The number of anilines is 1. The Morgan fingerprint density at radius 3 is 2.67 bits per heavy atom. The zero-order chi connectivity index (χ0) is 13.7. The van der Waals surface area contributed by atoms with Gasteiger partial charge < -0.3 is 10.6 Å². The van der Waals surface area contributed by atoms with Crippen molar-refractivity contribution in [2.24, 2.45) is 5.73 Å². The van der Waals surface area contributed by atoms with E-state index < -0.39 is 10.8 Å². The number of nitrogens with two attached hydrogens (primary N) is 1. The lowest BCUT2D eigenvalue weighted by atomic mass is 10.1. The summed E-state index contributed by atoms with van der Waals surface area (Å²) in [5, 5.41) is 10.7. The molecule has 0 bridgehead atoms. The summed E-state index contributed by atoms with van der Waals surface area (Å²) >= 11 is 0. The number of nitrogens with zero attached hydrogens (tertiary/aromatic N) is 2. The Bertz CT molecular complexity index is 487. The number of hydrogen-bond donors (Lipinski definition) is 1. The van der Waals surface area contributed by atoms with Gasteiger partial charge in [-0.2, -0.15) is 0 Å². The SMILES string of the molecule is CCN(CC(N)=O)c1ccc([N+](=O)[O-])c(C=O)c1. The Morgan fingerprint density at radius 2 is 2.22 bits per heavy atom. The van der Waals surface area contributed by atoms with Gasteiger partial charge in [0.1, 0.15) is 0 Å². The molecule has 1 aromatic rings. The van der Waals surface area contributed by atoms with Crippen LogP contribution in [0.4, 0.5) is 11.4 Å². The molecule has 0 heterocycles. The predicted octanol–water partition coefficient (Wildman–Crippen LogP) is 0.719. The van der Waals surface area contributed by atoms with Crippen LogP contribution in [-0.4, -0.2) is 30.2 Å². The van der Waals surface area contributed by atoms with Gasteiger partial charge in [0.15, 0.2) is 6.29 Å². The Kier molecular flexibility index (Phi) is 4.36. The minimum atomic E-state index is -0.627. The van der Waals surface area contributed by atoms with E-state index in [0.717, 1.165) is 0 Å². The fourth-order valence-electron chi connectivity index (χ4n) is 1.57. The standard InChI is InChI=1S/C11H13N3O4/c1-2-13(6-11(12)16)9-3-4-10(14(17)18)8(5-9)7-15/h3-5,7H,2,6H2,1H3,(H2,12,16). The number of carbonyl (C=O) groups is 2. The van der Waals surface area contributed by atoms with Crippen LogP contribution >= 0.6 is 0 Å². The predicted molar refractivity (Wildman–Crippen MR) is 65.6 cm³/mol. The maximum Gasteiger partial charge on any atom is 0.280 e. The number of hydrogen-bond acceptors (Lipinski definition) is 5. The molecule has 1 amide bonds. The molecule has 7 heteroatoms. The van der Waals surface area contributed by atoms with E-state index in [1.165, 1.54) is 18.2 Å². The van der Waals surface area contributed by atoms with E-state index in [4.69, 9.17) is 5.73 Å². The van der Waals surface area contributed by atoms with Crippen LogP contribution in [0, 0.1) is 10.1 Å². The summed E-state index contributed by atoms with van der Waals surface area (Å²) in [5.74, 6) is -0.511. The molecule has 0 saturated heterocycles. The molecule has 0 atom stereocenters. The summed E-state index contributed by atoms with van der Waals surface area (Å²) in [7, 11) is 0. The topological polar surface area (TPSA) is 107 Å². The summed E-state index contributed by atoms with van der Waals surface area (Å²) in [6.45, 7) is 2.30. The van der Waals surface area contributed by atoms with E-state index in [9.17, 15) is 19.7 Å². The highest BCUT2D eigenvalue weighted by molar-refractivity contribution is 5.85. The molecule has 0 unspecified atom stereocenters. The third-order valence-corrected chi connectivity index (χ3v) is 2.43. The molecule has 0 saturated carbocycles. The van der Waals surface area contributed by atoms with Crippen LogP contribution in [0.2, 0.25) is 0 Å². The average molecular weight is 251 g/mol. The molecule has 0 aliphatic rings.